The van der Waals surface area contributed by atoms with Gasteiger partial charge in [-0.2, -0.15) is 9.65 Å². The van der Waals surface area contributed by atoms with Crippen molar-refractivity contribution in [2.75, 3.05) is 5.32 Å². The van der Waals surface area contributed by atoms with Crippen molar-refractivity contribution in [1.82, 2.24) is 4.98 Å². The summed E-state index contributed by atoms with van der Waals surface area (Å²) >= 11 is 5.80. The Balaban J connectivity index is 2.26. The van der Waals surface area contributed by atoms with Crippen molar-refractivity contribution in [3.05, 3.63) is 58.6 Å². The third-order valence-corrected chi connectivity index (χ3v) is 2.57. The molecule has 0 spiro atoms. The lowest BCUT2D eigenvalue weighted by molar-refractivity contribution is 0.102. The van der Waals surface area contributed by atoms with E-state index in [1.165, 1.54) is 18.2 Å². The molecule has 0 radical (unpaired) electrons. The number of nitriles is 1. The number of carbonyl (C=O) groups is 1. The van der Waals surface area contributed by atoms with Crippen molar-refractivity contribution in [3.8, 4) is 6.07 Å². The van der Waals surface area contributed by atoms with E-state index in [9.17, 15) is 9.18 Å². The number of pyridine rings is 1. The van der Waals surface area contributed by atoms with Crippen molar-refractivity contribution in [2.45, 2.75) is 0 Å². The first-order valence-electron chi connectivity index (χ1n) is 5.22. The average Bonchev–Trinajstić information content (AvgIpc) is 2.39. The van der Waals surface area contributed by atoms with Crippen molar-refractivity contribution >= 4 is 23.2 Å². The number of hydrogen-bond donors (Lipinski definition) is 1. The third-order valence-electron chi connectivity index (χ3n) is 2.34. The Morgan fingerprint density at radius 1 is 1.37 bits per heavy atom. The Labute approximate surface area is 113 Å². The maximum absolute atomic E-state index is 12.6. The molecule has 1 aromatic carbocycles. The van der Waals surface area contributed by atoms with Crippen LogP contribution in [0.2, 0.25) is 5.02 Å². The van der Waals surface area contributed by atoms with Crippen LogP contribution in [0.4, 0.5) is 10.1 Å². The highest BCUT2D eigenvalue weighted by Crippen LogP contribution is 2.21. The lowest BCUT2D eigenvalue weighted by atomic mass is 10.2. The summed E-state index contributed by atoms with van der Waals surface area (Å²) in [4.78, 5) is 15.3. The topological polar surface area (TPSA) is 65.8 Å². The molecule has 0 aliphatic carbocycles. The fourth-order valence-electron chi connectivity index (χ4n) is 1.42. The summed E-state index contributed by atoms with van der Waals surface area (Å²) < 4.78 is 12.6. The van der Waals surface area contributed by atoms with Gasteiger partial charge in [0.25, 0.3) is 5.91 Å². The minimum absolute atomic E-state index is 0.185. The highest BCUT2D eigenvalue weighted by molar-refractivity contribution is 6.31. The van der Waals surface area contributed by atoms with Crippen molar-refractivity contribution in [1.29, 1.82) is 5.26 Å². The molecule has 6 heteroatoms. The van der Waals surface area contributed by atoms with Crippen molar-refractivity contribution in [3.63, 3.8) is 0 Å². The van der Waals surface area contributed by atoms with E-state index in [1.54, 1.807) is 6.07 Å². The number of carbonyl (C=O) groups excluding carboxylic acids is 1. The van der Waals surface area contributed by atoms with E-state index in [-0.39, 0.29) is 11.1 Å². The molecule has 4 nitrogen and oxygen atoms in total. The quantitative estimate of drug-likeness (QED) is 0.857. The standard InChI is InChI=1S/C13H7ClFN3O/c14-10-3-1-8(6-16)11(5-10)18-13(19)9-2-4-12(15)17-7-9/h1-5,7H,(H,18,19). The first kappa shape index (κ1) is 13.0. The van der Waals surface area contributed by atoms with Gasteiger partial charge in [0.05, 0.1) is 16.8 Å². The predicted octanol–water partition coefficient (Wildman–Crippen LogP) is 3.00. The monoisotopic (exact) mass is 275 g/mol. The SMILES string of the molecule is N#Cc1ccc(Cl)cc1NC(=O)c1ccc(F)nc1. The fraction of sp³-hybridized carbons (Fsp3) is 0. The van der Waals surface area contributed by atoms with Crippen LogP contribution in [0.3, 0.4) is 0 Å². The van der Waals surface area contributed by atoms with E-state index < -0.39 is 11.9 Å². The summed E-state index contributed by atoms with van der Waals surface area (Å²) in [5.74, 6) is -1.16. The number of rotatable bonds is 2. The largest absolute Gasteiger partial charge is 0.321 e. The van der Waals surface area contributed by atoms with Crippen molar-refractivity contribution in [2.24, 2.45) is 0 Å². The molecule has 0 unspecified atom stereocenters. The normalized spacial score (nSPS) is 9.74. The maximum Gasteiger partial charge on any atom is 0.257 e. The lowest BCUT2D eigenvalue weighted by Gasteiger charge is -2.07. The molecule has 0 atom stereocenters. The first-order valence-corrected chi connectivity index (χ1v) is 5.60. The number of nitrogens with zero attached hydrogens (tertiary/aromatic N) is 2. The fourth-order valence-corrected chi connectivity index (χ4v) is 1.59. The molecule has 2 rings (SSSR count). The predicted molar refractivity (Wildman–Crippen MR) is 68.3 cm³/mol. The molecule has 0 saturated carbocycles. The zero-order valence-corrected chi connectivity index (χ0v) is 10.3. The number of aromatic nitrogens is 1. The van der Waals surface area contributed by atoms with Gasteiger partial charge in [-0.3, -0.25) is 4.79 Å². The second-order valence-corrected chi connectivity index (χ2v) is 4.06. The molecular weight excluding hydrogens is 269 g/mol. The first-order chi connectivity index (χ1) is 9.10. The van der Waals surface area contributed by atoms with Crippen molar-refractivity contribution < 1.29 is 9.18 Å². The highest BCUT2D eigenvalue weighted by Gasteiger charge is 2.10. The third kappa shape index (κ3) is 3.06. The van der Waals surface area contributed by atoms with Gasteiger partial charge in [0.15, 0.2) is 0 Å². The van der Waals surface area contributed by atoms with Gasteiger partial charge in [-0.1, -0.05) is 11.6 Å². The van der Waals surface area contributed by atoms with Gasteiger partial charge >= 0.3 is 0 Å². The molecule has 1 N–H and O–H groups in total. The minimum Gasteiger partial charge on any atom is -0.321 e. The summed E-state index contributed by atoms with van der Waals surface area (Å²) in [6.07, 6.45) is 1.11. The van der Waals surface area contributed by atoms with E-state index in [4.69, 9.17) is 16.9 Å². The van der Waals surface area contributed by atoms with E-state index in [1.807, 2.05) is 6.07 Å². The van der Waals surface area contributed by atoms with Crippen LogP contribution in [-0.2, 0) is 0 Å². The van der Waals surface area contributed by atoms with Crippen LogP contribution in [0, 0.1) is 17.3 Å². The zero-order chi connectivity index (χ0) is 13.8. The molecule has 1 amide bonds. The molecule has 1 aromatic heterocycles. The van der Waals surface area contributed by atoms with E-state index in [0.29, 0.717) is 10.7 Å². The van der Waals surface area contributed by atoms with E-state index in [0.717, 1.165) is 12.3 Å². The van der Waals surface area contributed by atoms with Gasteiger partial charge in [-0.25, -0.2) is 4.98 Å². The Bertz CT molecular complexity index is 665. The highest BCUT2D eigenvalue weighted by atomic mass is 35.5. The molecule has 0 aliphatic heterocycles. The minimum atomic E-state index is -0.669. The van der Waals surface area contributed by atoms with Crippen LogP contribution in [0.25, 0.3) is 0 Å². The second-order valence-electron chi connectivity index (χ2n) is 3.63. The summed E-state index contributed by atoms with van der Waals surface area (Å²) in [6, 6.07) is 8.84. The van der Waals surface area contributed by atoms with Crippen LogP contribution >= 0.6 is 11.6 Å². The van der Waals surface area contributed by atoms with Gasteiger partial charge in [-0.05, 0) is 30.3 Å². The molecular formula is C13H7ClFN3O. The van der Waals surface area contributed by atoms with Crippen LogP contribution < -0.4 is 5.32 Å². The van der Waals surface area contributed by atoms with Crippen LogP contribution in [0.15, 0.2) is 36.5 Å². The molecule has 0 bridgehead atoms. The molecule has 94 valence electrons. The van der Waals surface area contributed by atoms with Gasteiger partial charge in [0.1, 0.15) is 6.07 Å². The second kappa shape index (κ2) is 5.46. The summed E-state index contributed by atoms with van der Waals surface area (Å²) in [6.45, 7) is 0. The molecule has 0 aliphatic rings. The average molecular weight is 276 g/mol. The molecule has 0 fully saturated rings. The Morgan fingerprint density at radius 3 is 2.79 bits per heavy atom. The van der Waals surface area contributed by atoms with Gasteiger partial charge < -0.3 is 5.32 Å². The maximum atomic E-state index is 12.6. The van der Waals surface area contributed by atoms with Crippen LogP contribution in [0.5, 0.6) is 0 Å². The Morgan fingerprint density at radius 2 is 2.16 bits per heavy atom. The van der Waals surface area contributed by atoms with Gasteiger partial charge in [-0.15, -0.1) is 0 Å². The van der Waals surface area contributed by atoms with Gasteiger partial charge in [0, 0.05) is 11.2 Å². The molecule has 1 heterocycles. The smallest absolute Gasteiger partial charge is 0.257 e. The number of hydrogen-bond acceptors (Lipinski definition) is 3. The van der Waals surface area contributed by atoms with Crippen LogP contribution in [-0.4, -0.2) is 10.9 Å². The summed E-state index contributed by atoms with van der Waals surface area (Å²) in [7, 11) is 0. The Hall–Kier alpha value is -2.45. The number of nitrogens with one attached hydrogen (secondary N) is 1. The molecule has 0 saturated heterocycles. The molecule has 2 aromatic rings. The Kier molecular flexibility index (Phi) is 3.74. The summed E-state index contributed by atoms with van der Waals surface area (Å²) in [5, 5.41) is 11.8. The van der Waals surface area contributed by atoms with E-state index in [2.05, 4.69) is 10.3 Å². The number of anilines is 1. The summed E-state index contributed by atoms with van der Waals surface area (Å²) in [5.41, 5.74) is 0.766. The lowest BCUT2D eigenvalue weighted by Crippen LogP contribution is -2.13. The molecule has 19 heavy (non-hydrogen) atoms. The number of benzene rings is 1. The number of amides is 1. The number of halogens is 2. The zero-order valence-electron chi connectivity index (χ0n) is 9.52. The van der Waals surface area contributed by atoms with Gasteiger partial charge in [0.2, 0.25) is 5.95 Å². The van der Waals surface area contributed by atoms with Crippen LogP contribution in [0.1, 0.15) is 15.9 Å². The van der Waals surface area contributed by atoms with E-state index >= 15 is 0 Å².